The number of carbonyl (C=O) groups excluding carboxylic acids is 4. The van der Waals surface area contributed by atoms with E-state index in [1.807, 2.05) is 0 Å². The number of primary amides is 1. The van der Waals surface area contributed by atoms with Gasteiger partial charge in [0, 0.05) is 31.2 Å². The molecule has 9 N–H and O–H groups in total. The van der Waals surface area contributed by atoms with Gasteiger partial charge in [0.2, 0.25) is 23.6 Å². The van der Waals surface area contributed by atoms with Crippen LogP contribution in [0.3, 0.4) is 0 Å². The average Bonchev–Trinajstić information content (AvgIpc) is 3.52. The minimum absolute atomic E-state index is 0.108. The lowest BCUT2D eigenvalue weighted by Gasteiger charge is -2.25. The minimum atomic E-state index is -1.44. The second kappa shape index (κ2) is 13.8. The summed E-state index contributed by atoms with van der Waals surface area (Å²) in [5.74, 6) is -5.46. The van der Waals surface area contributed by atoms with Crippen LogP contribution in [0, 0.1) is 0 Å². The fourth-order valence-electron chi connectivity index (χ4n) is 3.63. The number of H-pyrrole nitrogens is 1. The first-order valence-electron chi connectivity index (χ1n) is 11.4. The zero-order valence-corrected chi connectivity index (χ0v) is 19.5. The maximum absolute atomic E-state index is 13.1. The zero-order chi connectivity index (χ0) is 26.7. The molecule has 0 saturated carbocycles. The molecule has 0 bridgehead atoms. The highest BCUT2D eigenvalue weighted by Crippen LogP contribution is 2.08. The van der Waals surface area contributed by atoms with E-state index in [0.717, 1.165) is 6.42 Å². The summed E-state index contributed by atoms with van der Waals surface area (Å²) in [6, 6.07) is -4.52. The number of aromatic amines is 1. The van der Waals surface area contributed by atoms with Crippen molar-refractivity contribution in [1.82, 2.24) is 31.2 Å². The third kappa shape index (κ3) is 9.32. The Balaban J connectivity index is 2.16. The van der Waals surface area contributed by atoms with Crippen molar-refractivity contribution in [2.45, 2.75) is 69.1 Å². The van der Waals surface area contributed by atoms with Crippen molar-refractivity contribution < 1.29 is 39.0 Å². The molecule has 2 heterocycles. The topological polar surface area (TPSA) is 246 Å². The molecule has 4 unspecified atom stereocenters. The molecule has 1 aliphatic rings. The van der Waals surface area contributed by atoms with Gasteiger partial charge in [0.15, 0.2) is 0 Å². The van der Waals surface area contributed by atoms with Gasteiger partial charge in [0.1, 0.15) is 18.1 Å². The fourth-order valence-corrected chi connectivity index (χ4v) is 3.63. The van der Waals surface area contributed by atoms with E-state index in [1.165, 1.54) is 12.5 Å². The van der Waals surface area contributed by atoms with E-state index in [2.05, 4.69) is 31.2 Å². The van der Waals surface area contributed by atoms with Crippen LogP contribution in [-0.2, 0) is 35.2 Å². The molecule has 4 amide bonds. The number of aromatic nitrogens is 2. The largest absolute Gasteiger partial charge is 0.481 e. The Kier molecular flexibility index (Phi) is 10.8. The van der Waals surface area contributed by atoms with Crippen LogP contribution in [-0.4, -0.2) is 86.5 Å². The number of carboxylic acids is 2. The Morgan fingerprint density at radius 2 is 1.67 bits per heavy atom. The van der Waals surface area contributed by atoms with Crippen molar-refractivity contribution in [1.29, 1.82) is 0 Å². The summed E-state index contributed by atoms with van der Waals surface area (Å²) in [6.45, 7) is 0.636. The lowest BCUT2D eigenvalue weighted by molar-refractivity contribution is -0.142. The zero-order valence-electron chi connectivity index (χ0n) is 19.5. The number of nitrogens with two attached hydrogens (primary N) is 1. The van der Waals surface area contributed by atoms with Crippen molar-refractivity contribution >= 4 is 35.6 Å². The number of imidazole rings is 1. The smallest absolute Gasteiger partial charge is 0.326 e. The molecule has 1 aliphatic heterocycles. The van der Waals surface area contributed by atoms with Crippen LogP contribution in [0.4, 0.5) is 0 Å². The van der Waals surface area contributed by atoms with Gasteiger partial charge in [0.25, 0.3) is 0 Å². The first-order valence-corrected chi connectivity index (χ1v) is 11.4. The van der Waals surface area contributed by atoms with Gasteiger partial charge in [-0.1, -0.05) is 0 Å². The lowest BCUT2D eigenvalue weighted by atomic mass is 10.1. The van der Waals surface area contributed by atoms with Gasteiger partial charge in [-0.3, -0.25) is 24.0 Å². The van der Waals surface area contributed by atoms with Crippen molar-refractivity contribution in [3.05, 3.63) is 18.2 Å². The highest BCUT2D eigenvalue weighted by atomic mass is 16.4. The van der Waals surface area contributed by atoms with Gasteiger partial charge in [-0.2, -0.15) is 0 Å². The minimum Gasteiger partial charge on any atom is -0.481 e. The molecule has 1 aromatic rings. The number of amides is 4. The summed E-state index contributed by atoms with van der Waals surface area (Å²) in [5, 5.41) is 28.7. The summed E-state index contributed by atoms with van der Waals surface area (Å²) in [6.07, 6.45) is 2.80. The van der Waals surface area contributed by atoms with Crippen LogP contribution in [0.2, 0.25) is 0 Å². The van der Waals surface area contributed by atoms with Crippen LogP contribution in [0.25, 0.3) is 0 Å². The normalized spacial score (nSPS) is 17.4. The predicted octanol–water partition coefficient (Wildman–Crippen LogP) is -2.63. The monoisotopic (exact) mass is 509 g/mol. The van der Waals surface area contributed by atoms with Crippen molar-refractivity contribution in [2.75, 3.05) is 6.54 Å². The molecule has 0 radical (unpaired) electrons. The molecule has 1 aromatic heterocycles. The van der Waals surface area contributed by atoms with E-state index in [1.54, 1.807) is 0 Å². The number of carbonyl (C=O) groups is 6. The molecule has 0 aliphatic carbocycles. The third-order valence-electron chi connectivity index (χ3n) is 5.56. The summed E-state index contributed by atoms with van der Waals surface area (Å²) >= 11 is 0. The molecule has 4 atom stereocenters. The summed E-state index contributed by atoms with van der Waals surface area (Å²) in [4.78, 5) is 78.8. The van der Waals surface area contributed by atoms with E-state index in [0.29, 0.717) is 18.7 Å². The quantitative estimate of drug-likeness (QED) is 0.122. The maximum atomic E-state index is 13.1. The molecule has 0 aromatic carbocycles. The standard InChI is InChI=1S/C21H31N7O8/c22-16(29)5-3-14(21(35)36)27-20(34)15(8-11-9-23-10-25-11)28-19(33)13(4-6-17(30)31)26-18(32)12-2-1-7-24-12/h9-10,12-15,24H,1-8H2,(H2,22,29)(H,23,25)(H,26,32)(H,27,34)(H,28,33)(H,30,31)(H,35,36). The highest BCUT2D eigenvalue weighted by Gasteiger charge is 2.32. The number of hydrogen-bond donors (Lipinski definition) is 8. The highest BCUT2D eigenvalue weighted by molar-refractivity contribution is 5.94. The Labute approximate surface area is 206 Å². The van der Waals surface area contributed by atoms with Gasteiger partial charge in [-0.15, -0.1) is 0 Å². The molecule has 15 nitrogen and oxygen atoms in total. The molecule has 1 fully saturated rings. The number of nitrogens with one attached hydrogen (secondary N) is 5. The number of nitrogens with zero attached hydrogens (tertiary/aromatic N) is 1. The van der Waals surface area contributed by atoms with Crippen LogP contribution in [0.15, 0.2) is 12.5 Å². The van der Waals surface area contributed by atoms with E-state index in [-0.39, 0.29) is 25.7 Å². The number of aliphatic carboxylic acids is 2. The predicted molar refractivity (Wildman–Crippen MR) is 122 cm³/mol. The second-order valence-corrected chi connectivity index (χ2v) is 8.39. The van der Waals surface area contributed by atoms with Crippen LogP contribution >= 0.6 is 0 Å². The van der Waals surface area contributed by atoms with Gasteiger partial charge in [-0.25, -0.2) is 9.78 Å². The van der Waals surface area contributed by atoms with Crippen molar-refractivity contribution in [3.8, 4) is 0 Å². The molecule has 36 heavy (non-hydrogen) atoms. The van der Waals surface area contributed by atoms with Gasteiger partial charge < -0.3 is 42.2 Å². The Hall–Kier alpha value is -4.01. The van der Waals surface area contributed by atoms with Crippen molar-refractivity contribution in [2.24, 2.45) is 5.73 Å². The Bertz CT molecular complexity index is 946. The van der Waals surface area contributed by atoms with Crippen molar-refractivity contribution in [3.63, 3.8) is 0 Å². The van der Waals surface area contributed by atoms with Crippen LogP contribution < -0.4 is 27.0 Å². The molecule has 2 rings (SSSR count). The van der Waals surface area contributed by atoms with E-state index in [4.69, 9.17) is 10.8 Å². The molecule has 15 heteroatoms. The van der Waals surface area contributed by atoms with Crippen LogP contribution in [0.1, 0.15) is 44.2 Å². The Morgan fingerprint density at radius 3 is 2.22 bits per heavy atom. The van der Waals surface area contributed by atoms with Crippen LogP contribution in [0.5, 0.6) is 0 Å². The summed E-state index contributed by atoms with van der Waals surface area (Å²) in [5.41, 5.74) is 5.51. The molecule has 1 saturated heterocycles. The number of hydrogen-bond acceptors (Lipinski definition) is 8. The number of rotatable bonds is 15. The van der Waals surface area contributed by atoms with Gasteiger partial charge in [0.05, 0.1) is 12.4 Å². The first-order chi connectivity index (χ1) is 17.1. The van der Waals surface area contributed by atoms with E-state index in [9.17, 15) is 33.9 Å². The van der Waals surface area contributed by atoms with E-state index < -0.39 is 66.2 Å². The molecular weight excluding hydrogens is 478 g/mol. The SMILES string of the molecule is NC(=O)CCC(NC(=O)C(Cc1cnc[nH]1)NC(=O)C(CCC(=O)O)NC(=O)C1CCCN1)C(=O)O. The fraction of sp³-hybridized carbons (Fsp3) is 0.571. The second-order valence-electron chi connectivity index (χ2n) is 8.39. The third-order valence-corrected chi connectivity index (χ3v) is 5.56. The summed E-state index contributed by atoms with van der Waals surface area (Å²) in [7, 11) is 0. The first kappa shape index (κ1) is 28.2. The average molecular weight is 510 g/mol. The van der Waals surface area contributed by atoms with E-state index >= 15 is 0 Å². The Morgan fingerprint density at radius 1 is 1.00 bits per heavy atom. The molecular formula is C21H31N7O8. The van der Waals surface area contributed by atoms with Gasteiger partial charge in [-0.05, 0) is 32.2 Å². The maximum Gasteiger partial charge on any atom is 0.326 e. The lowest BCUT2D eigenvalue weighted by Crippen LogP contribution is -2.57. The number of carboxylic acid groups (broad SMARTS) is 2. The summed E-state index contributed by atoms with van der Waals surface area (Å²) < 4.78 is 0. The molecule has 198 valence electrons. The van der Waals surface area contributed by atoms with Gasteiger partial charge >= 0.3 is 11.9 Å². The molecule has 0 spiro atoms.